The van der Waals surface area contributed by atoms with Gasteiger partial charge in [-0.3, -0.25) is 0 Å². The molecule has 1 spiro atoms. The van der Waals surface area contributed by atoms with E-state index in [1.807, 2.05) is 11.3 Å². The predicted octanol–water partition coefficient (Wildman–Crippen LogP) is 11.9. The second-order valence-corrected chi connectivity index (χ2v) is 13.1. The second kappa shape index (κ2) is 9.28. The first-order valence-corrected chi connectivity index (χ1v) is 16.2. The number of para-hydroxylation sites is 1. The van der Waals surface area contributed by atoms with Crippen molar-refractivity contribution in [3.05, 3.63) is 180 Å². The minimum Gasteiger partial charge on any atom is -0.457 e. The van der Waals surface area contributed by atoms with E-state index in [4.69, 9.17) is 4.74 Å². The van der Waals surface area contributed by atoms with E-state index in [0.717, 1.165) is 17.1 Å². The summed E-state index contributed by atoms with van der Waals surface area (Å²) in [6.45, 7) is 0. The van der Waals surface area contributed by atoms with E-state index in [0.29, 0.717) is 0 Å². The Morgan fingerprint density at radius 3 is 1.78 bits per heavy atom. The van der Waals surface area contributed by atoms with Crippen LogP contribution >= 0.6 is 11.3 Å². The topological polar surface area (TPSA) is 9.23 Å². The average molecular weight is 591 g/mol. The first kappa shape index (κ1) is 24.9. The van der Waals surface area contributed by atoms with Crippen LogP contribution in [0.2, 0.25) is 0 Å². The van der Waals surface area contributed by atoms with Crippen LogP contribution in [0.15, 0.2) is 158 Å². The summed E-state index contributed by atoms with van der Waals surface area (Å²) in [5, 5.41) is 2.67. The Morgan fingerprint density at radius 2 is 0.978 bits per heavy atom. The number of hydrogen-bond acceptors (Lipinski definition) is 2. The van der Waals surface area contributed by atoms with Gasteiger partial charge in [0.25, 0.3) is 0 Å². The van der Waals surface area contributed by atoms with Crippen molar-refractivity contribution in [1.82, 2.24) is 0 Å². The maximum atomic E-state index is 6.73. The highest BCUT2D eigenvalue weighted by molar-refractivity contribution is 7.25. The molecular weight excluding hydrogens is 565 g/mol. The van der Waals surface area contributed by atoms with Crippen LogP contribution in [-0.2, 0) is 5.41 Å². The van der Waals surface area contributed by atoms with Gasteiger partial charge in [0.2, 0.25) is 0 Å². The molecule has 210 valence electrons. The standard InChI is InChI=1S/C43H26OS/c1-4-14-34-31(10-1)32-11-2-5-15-35(32)43(34)36-16-6-7-17-38(36)44-39-26-29(24-25-37(39)43)27-20-22-28(23-21-27)30-13-9-19-41-42(30)33-12-3-8-18-40(33)45-41/h1-26H. The number of hydrogen-bond donors (Lipinski definition) is 0. The van der Waals surface area contributed by atoms with E-state index in [1.165, 1.54) is 70.2 Å². The smallest absolute Gasteiger partial charge is 0.132 e. The highest BCUT2D eigenvalue weighted by Crippen LogP contribution is 2.62. The van der Waals surface area contributed by atoms with Crippen LogP contribution in [0, 0.1) is 0 Å². The molecule has 0 unspecified atom stereocenters. The highest BCUT2D eigenvalue weighted by atomic mass is 32.1. The lowest BCUT2D eigenvalue weighted by Crippen LogP contribution is -2.32. The lowest BCUT2D eigenvalue weighted by molar-refractivity contribution is 0.436. The third kappa shape index (κ3) is 3.38. The Hall–Kier alpha value is -5.44. The Kier molecular flexibility index (Phi) is 5.14. The zero-order valence-electron chi connectivity index (χ0n) is 24.3. The van der Waals surface area contributed by atoms with Crippen LogP contribution in [0.4, 0.5) is 0 Å². The third-order valence-corrected chi connectivity index (χ3v) is 10.9. The molecule has 1 nitrogen and oxygen atoms in total. The van der Waals surface area contributed by atoms with Crippen molar-refractivity contribution in [3.8, 4) is 44.9 Å². The van der Waals surface area contributed by atoms with Gasteiger partial charge in [0.15, 0.2) is 0 Å². The van der Waals surface area contributed by atoms with Gasteiger partial charge >= 0.3 is 0 Å². The second-order valence-electron chi connectivity index (χ2n) is 12.0. The molecule has 8 aromatic rings. The van der Waals surface area contributed by atoms with E-state index in [-0.39, 0.29) is 0 Å². The van der Waals surface area contributed by atoms with Crippen LogP contribution < -0.4 is 4.74 Å². The van der Waals surface area contributed by atoms with Gasteiger partial charge in [-0.25, -0.2) is 0 Å². The quantitative estimate of drug-likeness (QED) is 0.195. The van der Waals surface area contributed by atoms with Crippen molar-refractivity contribution in [3.63, 3.8) is 0 Å². The van der Waals surface area contributed by atoms with Crippen molar-refractivity contribution in [2.24, 2.45) is 0 Å². The number of fused-ring (bicyclic) bond motifs is 12. The molecule has 0 radical (unpaired) electrons. The molecule has 0 amide bonds. The Labute approximate surface area is 265 Å². The highest BCUT2D eigenvalue weighted by Gasteiger charge is 2.50. The molecule has 2 heterocycles. The molecule has 2 heteroatoms. The molecule has 1 aromatic heterocycles. The Morgan fingerprint density at radius 1 is 0.400 bits per heavy atom. The van der Waals surface area contributed by atoms with E-state index in [9.17, 15) is 0 Å². The third-order valence-electron chi connectivity index (χ3n) is 9.78. The summed E-state index contributed by atoms with van der Waals surface area (Å²) in [7, 11) is 0. The molecule has 10 rings (SSSR count). The van der Waals surface area contributed by atoms with Gasteiger partial charge in [0.1, 0.15) is 11.5 Å². The normalized spacial score (nSPS) is 13.7. The SMILES string of the molecule is c1ccc2c(c1)Oc1cc(-c3ccc(-c4cccc5sc6ccccc6c45)cc3)ccc1C21c2ccccc2-c2ccccc21. The molecule has 0 saturated heterocycles. The molecular formula is C43H26OS. The minimum absolute atomic E-state index is 0.429. The predicted molar refractivity (Wildman–Crippen MR) is 188 cm³/mol. The molecule has 45 heavy (non-hydrogen) atoms. The lowest BCUT2D eigenvalue weighted by Gasteiger charge is -2.39. The fourth-order valence-electron chi connectivity index (χ4n) is 7.90. The van der Waals surface area contributed by atoms with Gasteiger partial charge in [0, 0.05) is 31.3 Å². The van der Waals surface area contributed by atoms with Gasteiger partial charge in [-0.05, 0) is 68.8 Å². The summed E-state index contributed by atoms with van der Waals surface area (Å²) in [4.78, 5) is 0. The van der Waals surface area contributed by atoms with Crippen LogP contribution in [0.5, 0.6) is 11.5 Å². The Balaban J connectivity index is 1.12. The number of benzene rings is 7. The molecule has 0 atom stereocenters. The summed E-state index contributed by atoms with van der Waals surface area (Å²) in [6.07, 6.45) is 0. The van der Waals surface area contributed by atoms with Gasteiger partial charge in [-0.1, -0.05) is 133 Å². The molecule has 0 fully saturated rings. The Bertz CT molecular complexity index is 2420. The maximum absolute atomic E-state index is 6.73. The zero-order chi connectivity index (χ0) is 29.5. The fourth-order valence-corrected chi connectivity index (χ4v) is 9.03. The minimum atomic E-state index is -0.429. The van der Waals surface area contributed by atoms with Crippen molar-refractivity contribution in [2.75, 3.05) is 0 Å². The first-order chi connectivity index (χ1) is 22.3. The summed E-state index contributed by atoms with van der Waals surface area (Å²) in [5.74, 6) is 1.83. The van der Waals surface area contributed by atoms with Gasteiger partial charge in [0.05, 0.1) is 5.41 Å². The monoisotopic (exact) mass is 590 g/mol. The molecule has 7 aromatic carbocycles. The van der Waals surface area contributed by atoms with Gasteiger partial charge in [-0.15, -0.1) is 11.3 Å². The fraction of sp³-hybridized carbons (Fsp3) is 0.0233. The van der Waals surface area contributed by atoms with E-state index in [2.05, 4.69) is 158 Å². The molecule has 1 aliphatic heterocycles. The van der Waals surface area contributed by atoms with Crippen molar-refractivity contribution in [2.45, 2.75) is 5.41 Å². The average Bonchev–Trinajstić information content (AvgIpc) is 3.63. The summed E-state index contributed by atoms with van der Waals surface area (Å²) >= 11 is 1.86. The van der Waals surface area contributed by atoms with E-state index < -0.39 is 5.41 Å². The van der Waals surface area contributed by atoms with Gasteiger partial charge in [-0.2, -0.15) is 0 Å². The summed E-state index contributed by atoms with van der Waals surface area (Å²) in [5.41, 5.74) is 12.0. The molecule has 1 aliphatic carbocycles. The lowest BCUT2D eigenvalue weighted by atomic mass is 9.66. The van der Waals surface area contributed by atoms with Crippen LogP contribution in [0.1, 0.15) is 22.3 Å². The summed E-state index contributed by atoms with van der Waals surface area (Å²) in [6, 6.07) is 57.5. The zero-order valence-corrected chi connectivity index (χ0v) is 25.1. The van der Waals surface area contributed by atoms with Gasteiger partial charge < -0.3 is 4.74 Å². The number of ether oxygens (including phenoxy) is 1. The maximum Gasteiger partial charge on any atom is 0.132 e. The summed E-state index contributed by atoms with van der Waals surface area (Å²) < 4.78 is 9.39. The molecule has 0 saturated carbocycles. The largest absolute Gasteiger partial charge is 0.457 e. The number of thiophene rings is 1. The van der Waals surface area contributed by atoms with Crippen LogP contribution in [0.3, 0.4) is 0 Å². The molecule has 0 N–H and O–H groups in total. The van der Waals surface area contributed by atoms with Crippen LogP contribution in [0.25, 0.3) is 53.6 Å². The van der Waals surface area contributed by atoms with E-state index >= 15 is 0 Å². The number of rotatable bonds is 2. The molecule has 0 bridgehead atoms. The van der Waals surface area contributed by atoms with Crippen LogP contribution in [-0.4, -0.2) is 0 Å². The molecule has 2 aliphatic rings. The van der Waals surface area contributed by atoms with Crippen molar-refractivity contribution >= 4 is 31.5 Å². The first-order valence-electron chi connectivity index (χ1n) is 15.4. The van der Waals surface area contributed by atoms with Crippen molar-refractivity contribution in [1.29, 1.82) is 0 Å². The van der Waals surface area contributed by atoms with Crippen molar-refractivity contribution < 1.29 is 4.74 Å². The van der Waals surface area contributed by atoms with E-state index in [1.54, 1.807) is 0 Å².